The van der Waals surface area contributed by atoms with Crippen LogP contribution in [-0.2, 0) is 14.3 Å². The summed E-state index contributed by atoms with van der Waals surface area (Å²) in [6, 6.07) is 7.11. The van der Waals surface area contributed by atoms with Gasteiger partial charge in [0.05, 0.1) is 17.5 Å². The van der Waals surface area contributed by atoms with Crippen LogP contribution >= 0.6 is 11.6 Å². The number of benzene rings is 1. The fraction of sp³-hybridized carbons (Fsp3) is 0.333. The van der Waals surface area contributed by atoms with Crippen LogP contribution in [0.15, 0.2) is 30.5 Å². The summed E-state index contributed by atoms with van der Waals surface area (Å²) in [5, 5.41) is 15.3. The summed E-state index contributed by atoms with van der Waals surface area (Å²) in [4.78, 5) is 25.0. The molecule has 0 aliphatic carbocycles. The molecule has 0 aliphatic rings. The fourth-order valence-electron chi connectivity index (χ4n) is 2.40. The summed E-state index contributed by atoms with van der Waals surface area (Å²) >= 11 is 6.19. The SMILES string of the molecule is CC(=O)O.COC(=O)C(C)(C)COc1cc(C)c(-c2ccc(C(=N)N)c(Cl)c2)cn1. The molecule has 9 heteroatoms. The number of nitrogens with zero attached hydrogens (tertiary/aromatic N) is 1. The second kappa shape index (κ2) is 10.6. The lowest BCUT2D eigenvalue weighted by Gasteiger charge is -2.21. The number of aliphatic carboxylic acids is 1. The molecule has 2 aromatic rings. The summed E-state index contributed by atoms with van der Waals surface area (Å²) in [6.45, 7) is 6.67. The van der Waals surface area contributed by atoms with Gasteiger partial charge in [-0.25, -0.2) is 4.98 Å². The summed E-state index contributed by atoms with van der Waals surface area (Å²) in [7, 11) is 1.35. The molecule has 0 unspecified atom stereocenters. The van der Waals surface area contributed by atoms with Gasteiger partial charge in [0.25, 0.3) is 5.97 Å². The average Bonchev–Trinajstić information content (AvgIpc) is 2.65. The highest BCUT2D eigenvalue weighted by Crippen LogP contribution is 2.29. The molecule has 0 bridgehead atoms. The number of hydrogen-bond donors (Lipinski definition) is 3. The molecule has 8 nitrogen and oxygen atoms in total. The van der Waals surface area contributed by atoms with Gasteiger partial charge in [0.15, 0.2) is 0 Å². The molecule has 0 amide bonds. The molecule has 30 heavy (non-hydrogen) atoms. The van der Waals surface area contributed by atoms with Gasteiger partial charge in [-0.15, -0.1) is 0 Å². The Hall–Kier alpha value is -3.13. The van der Waals surface area contributed by atoms with Crippen molar-refractivity contribution in [2.75, 3.05) is 13.7 Å². The number of hydrogen-bond acceptors (Lipinski definition) is 6. The van der Waals surface area contributed by atoms with Gasteiger partial charge in [0.1, 0.15) is 12.4 Å². The van der Waals surface area contributed by atoms with Crippen molar-refractivity contribution in [1.82, 2.24) is 4.98 Å². The molecule has 0 radical (unpaired) electrons. The van der Waals surface area contributed by atoms with E-state index in [1.165, 1.54) is 7.11 Å². The molecular formula is C21H26ClN3O5. The third-order valence-corrected chi connectivity index (χ3v) is 4.29. The first kappa shape index (κ1) is 24.9. The van der Waals surface area contributed by atoms with Crippen LogP contribution in [0.2, 0.25) is 5.02 Å². The van der Waals surface area contributed by atoms with Crippen molar-refractivity contribution < 1.29 is 24.2 Å². The molecule has 162 valence electrons. The standard InChI is InChI=1S/C19H22ClN3O3.C2H4O2/c1-11-7-16(26-10-19(2,3)18(24)25-4)23-9-14(11)12-5-6-13(17(21)22)15(20)8-12;1-2(3)4/h5-9H,10H2,1-4H3,(H3,21,22);1H3,(H,3,4). The van der Waals surface area contributed by atoms with E-state index in [0.717, 1.165) is 23.6 Å². The maximum absolute atomic E-state index is 11.7. The highest BCUT2D eigenvalue weighted by Gasteiger charge is 2.30. The number of rotatable bonds is 6. The number of amidine groups is 1. The van der Waals surface area contributed by atoms with Gasteiger partial charge in [-0.2, -0.15) is 0 Å². The van der Waals surface area contributed by atoms with Crippen LogP contribution < -0.4 is 10.5 Å². The van der Waals surface area contributed by atoms with Gasteiger partial charge in [0.2, 0.25) is 5.88 Å². The minimum atomic E-state index is -0.833. The number of carbonyl (C=O) groups excluding carboxylic acids is 1. The van der Waals surface area contributed by atoms with Crippen LogP contribution in [0.5, 0.6) is 5.88 Å². The zero-order chi connectivity index (χ0) is 23.1. The van der Waals surface area contributed by atoms with Crippen LogP contribution in [0.25, 0.3) is 11.1 Å². The van der Waals surface area contributed by atoms with E-state index >= 15 is 0 Å². The highest BCUT2D eigenvalue weighted by molar-refractivity contribution is 6.34. The van der Waals surface area contributed by atoms with Gasteiger partial charge in [-0.05, 0) is 44.0 Å². The van der Waals surface area contributed by atoms with E-state index in [0.29, 0.717) is 16.5 Å². The van der Waals surface area contributed by atoms with Crippen LogP contribution in [0, 0.1) is 17.7 Å². The van der Waals surface area contributed by atoms with Crippen LogP contribution in [0.4, 0.5) is 0 Å². The Morgan fingerprint density at radius 1 is 1.30 bits per heavy atom. The number of halogens is 1. The minimum Gasteiger partial charge on any atom is -0.481 e. The lowest BCUT2D eigenvalue weighted by Crippen LogP contribution is -2.32. The Balaban J connectivity index is 0.00000103. The number of carboxylic acid groups (broad SMARTS) is 1. The number of nitrogens with two attached hydrogens (primary N) is 1. The number of nitrogens with one attached hydrogen (secondary N) is 1. The maximum Gasteiger partial charge on any atom is 0.314 e. The van der Waals surface area contributed by atoms with Crippen molar-refractivity contribution in [3.63, 3.8) is 0 Å². The van der Waals surface area contributed by atoms with Gasteiger partial charge < -0.3 is 20.3 Å². The molecule has 4 N–H and O–H groups in total. The van der Waals surface area contributed by atoms with Crippen molar-refractivity contribution in [3.8, 4) is 17.0 Å². The Bertz CT molecular complexity index is 940. The van der Waals surface area contributed by atoms with Crippen LogP contribution in [0.1, 0.15) is 31.9 Å². The van der Waals surface area contributed by atoms with E-state index in [9.17, 15) is 4.79 Å². The van der Waals surface area contributed by atoms with Gasteiger partial charge in [0, 0.05) is 30.3 Å². The van der Waals surface area contributed by atoms with E-state index < -0.39 is 11.4 Å². The fourth-order valence-corrected chi connectivity index (χ4v) is 2.68. The number of pyridine rings is 1. The van der Waals surface area contributed by atoms with Crippen LogP contribution in [-0.4, -0.2) is 41.6 Å². The van der Waals surface area contributed by atoms with Crippen LogP contribution in [0.3, 0.4) is 0 Å². The van der Waals surface area contributed by atoms with Crippen molar-refractivity contribution in [1.29, 1.82) is 5.41 Å². The largest absolute Gasteiger partial charge is 0.481 e. The average molecular weight is 436 g/mol. The molecule has 0 atom stereocenters. The van der Waals surface area contributed by atoms with Crippen molar-refractivity contribution >= 4 is 29.4 Å². The first-order valence-corrected chi connectivity index (χ1v) is 9.28. The van der Waals surface area contributed by atoms with E-state index in [1.54, 1.807) is 38.2 Å². The lowest BCUT2D eigenvalue weighted by atomic mass is 9.95. The molecule has 1 aromatic heterocycles. The first-order valence-electron chi connectivity index (χ1n) is 8.90. The topological polar surface area (TPSA) is 136 Å². The van der Waals surface area contributed by atoms with Crippen molar-refractivity contribution in [2.45, 2.75) is 27.7 Å². The maximum atomic E-state index is 11.7. The zero-order valence-corrected chi connectivity index (χ0v) is 18.3. The Kier molecular flexibility index (Phi) is 8.79. The quantitative estimate of drug-likeness (QED) is 0.357. The third-order valence-electron chi connectivity index (χ3n) is 3.97. The molecule has 0 saturated carbocycles. The molecule has 0 fully saturated rings. The monoisotopic (exact) mass is 435 g/mol. The second-order valence-electron chi connectivity index (χ2n) is 7.13. The van der Waals surface area contributed by atoms with E-state index in [2.05, 4.69) is 4.98 Å². The number of nitrogen functional groups attached to an aromatic ring is 1. The van der Waals surface area contributed by atoms with Crippen molar-refractivity contribution in [3.05, 3.63) is 46.6 Å². The highest BCUT2D eigenvalue weighted by atomic mass is 35.5. The zero-order valence-electron chi connectivity index (χ0n) is 17.6. The second-order valence-corrected chi connectivity index (χ2v) is 7.54. The van der Waals surface area contributed by atoms with E-state index in [-0.39, 0.29) is 18.4 Å². The predicted molar refractivity (Wildman–Crippen MR) is 115 cm³/mol. The van der Waals surface area contributed by atoms with E-state index in [4.69, 9.17) is 42.1 Å². The summed E-state index contributed by atoms with van der Waals surface area (Å²) < 4.78 is 10.4. The summed E-state index contributed by atoms with van der Waals surface area (Å²) in [6.07, 6.45) is 1.69. The number of methoxy groups -OCH3 is 1. The normalized spacial score (nSPS) is 10.5. The van der Waals surface area contributed by atoms with Gasteiger partial charge in [-0.1, -0.05) is 17.7 Å². The third kappa shape index (κ3) is 7.04. The molecule has 1 aromatic carbocycles. The van der Waals surface area contributed by atoms with E-state index in [1.807, 2.05) is 13.0 Å². The summed E-state index contributed by atoms with van der Waals surface area (Å²) in [5.74, 6) is -0.825. The number of esters is 1. The number of carbonyl (C=O) groups is 2. The smallest absolute Gasteiger partial charge is 0.314 e. The molecule has 0 saturated heterocycles. The molecule has 0 aliphatic heterocycles. The lowest BCUT2D eigenvalue weighted by molar-refractivity contribution is -0.152. The Morgan fingerprint density at radius 3 is 2.37 bits per heavy atom. The Morgan fingerprint density at radius 2 is 1.90 bits per heavy atom. The minimum absolute atomic E-state index is 0.0756. The van der Waals surface area contributed by atoms with Crippen molar-refractivity contribution in [2.24, 2.45) is 11.1 Å². The first-order chi connectivity index (χ1) is 13.9. The number of aryl methyl sites for hydroxylation is 1. The molecule has 1 heterocycles. The number of aromatic nitrogens is 1. The van der Waals surface area contributed by atoms with Gasteiger partial charge in [-0.3, -0.25) is 15.0 Å². The Labute approximate surface area is 180 Å². The number of carboxylic acids is 1. The molecule has 0 spiro atoms. The predicted octanol–water partition coefficient (Wildman–Crippen LogP) is 3.66. The van der Waals surface area contributed by atoms with Gasteiger partial charge >= 0.3 is 5.97 Å². The number of ether oxygens (including phenoxy) is 2. The summed E-state index contributed by atoms with van der Waals surface area (Å²) in [5.41, 5.74) is 7.92. The molecule has 2 rings (SSSR count). The molecular weight excluding hydrogens is 410 g/mol.